The maximum absolute atomic E-state index is 12.4. The Kier molecular flexibility index (Phi) is 5.62. The van der Waals surface area contributed by atoms with E-state index in [0.717, 1.165) is 0 Å². The van der Waals surface area contributed by atoms with E-state index < -0.39 is 10.8 Å². The molecule has 0 bridgehead atoms. The number of carbonyl (C=O) groups excluding carboxylic acids is 2. The minimum Gasteiger partial charge on any atom is -0.349 e. The summed E-state index contributed by atoms with van der Waals surface area (Å²) in [5, 5.41) is 16.3. The molecule has 2 N–H and O–H groups in total. The summed E-state index contributed by atoms with van der Waals surface area (Å²) in [5.74, 6) is -0.891. The molecule has 0 spiro atoms. The van der Waals surface area contributed by atoms with Gasteiger partial charge in [-0.1, -0.05) is 24.3 Å². The third-order valence-electron chi connectivity index (χ3n) is 3.49. The van der Waals surface area contributed by atoms with Gasteiger partial charge in [0.05, 0.1) is 16.2 Å². The Balaban J connectivity index is 2.27. The number of nitrogens with zero attached hydrogens (tertiary/aromatic N) is 1. The first kappa shape index (κ1) is 17.9. The second kappa shape index (κ2) is 7.87. The molecule has 2 aromatic carbocycles. The van der Waals surface area contributed by atoms with Crippen molar-refractivity contribution in [2.24, 2.45) is 0 Å². The van der Waals surface area contributed by atoms with Crippen LogP contribution < -0.4 is 10.6 Å². The number of anilines is 1. The van der Waals surface area contributed by atoms with Gasteiger partial charge in [-0.15, -0.1) is 6.58 Å². The summed E-state index contributed by atoms with van der Waals surface area (Å²) in [4.78, 5) is 35.0. The molecule has 0 aliphatic rings. The molecule has 7 heteroatoms. The van der Waals surface area contributed by atoms with Crippen molar-refractivity contribution in [1.82, 2.24) is 5.32 Å². The average Bonchev–Trinajstić information content (AvgIpc) is 2.60. The third kappa shape index (κ3) is 4.29. The predicted octanol–water partition coefficient (Wildman–Crippen LogP) is 3.07. The molecule has 0 saturated carbocycles. The molecule has 0 unspecified atom stereocenters. The van der Waals surface area contributed by atoms with Crippen molar-refractivity contribution in [2.45, 2.75) is 6.92 Å². The maximum atomic E-state index is 12.4. The van der Waals surface area contributed by atoms with Crippen LogP contribution in [0.5, 0.6) is 0 Å². The predicted molar refractivity (Wildman–Crippen MR) is 94.8 cm³/mol. The first-order valence-electron chi connectivity index (χ1n) is 7.48. The molecule has 2 aromatic rings. The van der Waals surface area contributed by atoms with E-state index >= 15 is 0 Å². The van der Waals surface area contributed by atoms with E-state index in [1.165, 1.54) is 18.2 Å². The van der Waals surface area contributed by atoms with Crippen LogP contribution in [-0.4, -0.2) is 23.3 Å². The lowest BCUT2D eigenvalue weighted by molar-refractivity contribution is -0.385. The second-order valence-electron chi connectivity index (χ2n) is 5.26. The van der Waals surface area contributed by atoms with Gasteiger partial charge in [0.15, 0.2) is 0 Å². The number of carbonyl (C=O) groups is 2. The van der Waals surface area contributed by atoms with E-state index in [-0.39, 0.29) is 17.2 Å². The van der Waals surface area contributed by atoms with Gasteiger partial charge < -0.3 is 10.6 Å². The van der Waals surface area contributed by atoms with Gasteiger partial charge in [-0.05, 0) is 25.1 Å². The minimum absolute atomic E-state index is 0.135. The van der Waals surface area contributed by atoms with Gasteiger partial charge in [-0.25, -0.2) is 0 Å². The van der Waals surface area contributed by atoms with Crippen LogP contribution in [-0.2, 0) is 0 Å². The number of nitro groups is 1. The number of hydrogen-bond donors (Lipinski definition) is 2. The number of nitro benzene ring substituents is 1. The summed E-state index contributed by atoms with van der Waals surface area (Å²) in [7, 11) is 0. The Morgan fingerprint density at radius 2 is 1.92 bits per heavy atom. The first-order chi connectivity index (χ1) is 11.9. The number of nitrogens with one attached hydrogen (secondary N) is 2. The van der Waals surface area contributed by atoms with Crippen LogP contribution in [0.4, 0.5) is 11.4 Å². The van der Waals surface area contributed by atoms with Crippen molar-refractivity contribution in [1.29, 1.82) is 0 Å². The molecular formula is C18H17N3O4. The van der Waals surface area contributed by atoms with Gasteiger partial charge >= 0.3 is 0 Å². The Morgan fingerprint density at radius 1 is 1.20 bits per heavy atom. The molecule has 0 saturated heterocycles. The number of para-hydroxylation sites is 1. The average molecular weight is 339 g/mol. The fourth-order valence-electron chi connectivity index (χ4n) is 2.19. The molecular weight excluding hydrogens is 322 g/mol. The van der Waals surface area contributed by atoms with Crippen molar-refractivity contribution in [3.8, 4) is 0 Å². The minimum atomic E-state index is -0.539. The number of benzene rings is 2. The topological polar surface area (TPSA) is 101 Å². The lowest BCUT2D eigenvalue weighted by Crippen LogP contribution is -2.25. The first-order valence-corrected chi connectivity index (χ1v) is 7.48. The Morgan fingerprint density at radius 3 is 2.60 bits per heavy atom. The Labute approximate surface area is 144 Å². The van der Waals surface area contributed by atoms with E-state index in [1.807, 2.05) is 0 Å². The van der Waals surface area contributed by atoms with Crippen LogP contribution in [0.2, 0.25) is 0 Å². The molecule has 0 aliphatic carbocycles. The quantitative estimate of drug-likeness (QED) is 0.480. The van der Waals surface area contributed by atoms with Crippen molar-refractivity contribution >= 4 is 23.2 Å². The van der Waals surface area contributed by atoms with Gasteiger partial charge in [-0.2, -0.15) is 0 Å². The molecule has 0 heterocycles. The van der Waals surface area contributed by atoms with Crippen LogP contribution in [0.1, 0.15) is 26.3 Å². The zero-order valence-corrected chi connectivity index (χ0v) is 13.6. The van der Waals surface area contributed by atoms with Crippen LogP contribution >= 0.6 is 0 Å². The zero-order valence-electron chi connectivity index (χ0n) is 13.6. The summed E-state index contributed by atoms with van der Waals surface area (Å²) in [5.41, 5.74) is 1.07. The molecule has 0 radical (unpaired) electrons. The molecule has 2 amide bonds. The van der Waals surface area contributed by atoms with Crippen LogP contribution in [0, 0.1) is 17.0 Å². The Hall–Kier alpha value is -3.48. The summed E-state index contributed by atoms with van der Waals surface area (Å²) in [6.07, 6.45) is 1.55. The normalized spacial score (nSPS) is 9.96. The van der Waals surface area contributed by atoms with E-state index in [1.54, 1.807) is 37.3 Å². The van der Waals surface area contributed by atoms with Crippen molar-refractivity contribution in [3.05, 3.63) is 81.9 Å². The van der Waals surface area contributed by atoms with Gasteiger partial charge in [0.2, 0.25) is 0 Å². The number of rotatable bonds is 6. The van der Waals surface area contributed by atoms with Crippen molar-refractivity contribution in [2.75, 3.05) is 11.9 Å². The lowest BCUT2D eigenvalue weighted by Gasteiger charge is -2.11. The Bertz CT molecular complexity index is 846. The number of aryl methyl sites for hydroxylation is 1. The standard InChI is InChI=1S/C18H17N3O4/c1-3-10-19-18(23)14-6-4-5-7-15(14)20-17(22)13-9-8-12(2)16(11-13)21(24)25/h3-9,11H,1,10H2,2H3,(H,19,23)(H,20,22). The van der Waals surface area contributed by atoms with Gasteiger partial charge in [0, 0.05) is 23.7 Å². The molecule has 7 nitrogen and oxygen atoms in total. The summed E-state index contributed by atoms with van der Waals surface area (Å²) in [6, 6.07) is 10.7. The number of amides is 2. The van der Waals surface area contributed by atoms with Crippen molar-refractivity contribution in [3.63, 3.8) is 0 Å². The smallest absolute Gasteiger partial charge is 0.273 e. The van der Waals surface area contributed by atoms with Crippen LogP contribution in [0.25, 0.3) is 0 Å². The van der Waals surface area contributed by atoms with Gasteiger partial charge in [-0.3, -0.25) is 19.7 Å². The van der Waals surface area contributed by atoms with Crippen molar-refractivity contribution < 1.29 is 14.5 Å². The molecule has 128 valence electrons. The number of hydrogen-bond acceptors (Lipinski definition) is 4. The summed E-state index contributed by atoms with van der Waals surface area (Å²) in [6.45, 7) is 5.42. The van der Waals surface area contributed by atoms with Gasteiger partial charge in [0.1, 0.15) is 0 Å². The maximum Gasteiger partial charge on any atom is 0.273 e. The summed E-state index contributed by atoms with van der Waals surface area (Å²) < 4.78 is 0. The zero-order chi connectivity index (χ0) is 18.4. The molecule has 0 fully saturated rings. The molecule has 0 aliphatic heterocycles. The third-order valence-corrected chi connectivity index (χ3v) is 3.49. The molecule has 25 heavy (non-hydrogen) atoms. The van der Waals surface area contributed by atoms with E-state index in [2.05, 4.69) is 17.2 Å². The molecule has 0 atom stereocenters. The summed E-state index contributed by atoms with van der Waals surface area (Å²) >= 11 is 0. The van der Waals surface area contributed by atoms with Crippen LogP contribution in [0.15, 0.2) is 55.1 Å². The highest BCUT2D eigenvalue weighted by molar-refractivity contribution is 6.09. The van der Waals surface area contributed by atoms with Gasteiger partial charge in [0.25, 0.3) is 17.5 Å². The largest absolute Gasteiger partial charge is 0.349 e. The highest BCUT2D eigenvalue weighted by Gasteiger charge is 2.17. The SMILES string of the molecule is C=CCNC(=O)c1ccccc1NC(=O)c1ccc(C)c([N+](=O)[O-])c1. The highest BCUT2D eigenvalue weighted by atomic mass is 16.6. The fourth-order valence-corrected chi connectivity index (χ4v) is 2.19. The monoisotopic (exact) mass is 339 g/mol. The molecule has 2 rings (SSSR count). The van der Waals surface area contributed by atoms with E-state index in [4.69, 9.17) is 0 Å². The lowest BCUT2D eigenvalue weighted by atomic mass is 10.1. The second-order valence-corrected chi connectivity index (χ2v) is 5.26. The van der Waals surface area contributed by atoms with E-state index in [0.29, 0.717) is 23.4 Å². The van der Waals surface area contributed by atoms with Crippen LogP contribution in [0.3, 0.4) is 0 Å². The fraction of sp³-hybridized carbons (Fsp3) is 0.111. The van der Waals surface area contributed by atoms with E-state index in [9.17, 15) is 19.7 Å². The highest BCUT2D eigenvalue weighted by Crippen LogP contribution is 2.21. The molecule has 0 aromatic heterocycles.